The van der Waals surface area contributed by atoms with E-state index >= 15 is 0 Å². The molecule has 1 fully saturated rings. The van der Waals surface area contributed by atoms with Gasteiger partial charge in [0.25, 0.3) is 0 Å². The first-order chi connectivity index (χ1) is 12.1. The highest BCUT2D eigenvalue weighted by atomic mass is 16.5. The Morgan fingerprint density at radius 3 is 2.48 bits per heavy atom. The fraction of sp³-hybridized carbons (Fsp3) is 0.500. The molecule has 1 amide bonds. The summed E-state index contributed by atoms with van der Waals surface area (Å²) in [6, 6.07) is 8.37. The van der Waals surface area contributed by atoms with Crippen LogP contribution in [0.5, 0.6) is 0 Å². The van der Waals surface area contributed by atoms with Crippen LogP contribution < -0.4 is 0 Å². The number of nitrogens with one attached hydrogen (secondary N) is 1. The summed E-state index contributed by atoms with van der Waals surface area (Å²) in [7, 11) is 1.72. The highest BCUT2D eigenvalue weighted by Crippen LogP contribution is 2.36. The Balaban J connectivity index is 1.57. The van der Waals surface area contributed by atoms with Crippen molar-refractivity contribution in [2.24, 2.45) is 5.92 Å². The third kappa shape index (κ3) is 2.86. The maximum absolute atomic E-state index is 13.3. The number of fused-ring (bicyclic) bond motifs is 1. The number of carbonyl (C=O) groups excluding carboxylic acids is 1. The number of ether oxygens (including phenoxy) is 1. The second-order valence-electron chi connectivity index (χ2n) is 7.31. The number of amides is 1. The minimum atomic E-state index is -0.0198. The van der Waals surface area contributed by atoms with E-state index in [-0.39, 0.29) is 24.0 Å². The van der Waals surface area contributed by atoms with Gasteiger partial charge in [-0.3, -0.25) is 4.79 Å². The number of aromatic amines is 1. The van der Waals surface area contributed by atoms with Crippen molar-refractivity contribution in [1.82, 2.24) is 14.9 Å². The fourth-order valence-electron chi connectivity index (χ4n) is 4.17. The second-order valence-corrected chi connectivity index (χ2v) is 7.31. The van der Waals surface area contributed by atoms with Crippen molar-refractivity contribution >= 4 is 5.91 Å². The molecule has 1 aliphatic heterocycles. The first-order valence-corrected chi connectivity index (χ1v) is 9.00. The molecule has 2 heterocycles. The average molecular weight is 339 g/mol. The number of aryl methyl sites for hydroxylation is 2. The predicted molar refractivity (Wildman–Crippen MR) is 95.3 cm³/mol. The van der Waals surface area contributed by atoms with Gasteiger partial charge < -0.3 is 14.6 Å². The molecule has 1 aromatic carbocycles. The molecule has 0 unspecified atom stereocenters. The topological polar surface area (TPSA) is 58.2 Å². The number of carbonyl (C=O) groups is 1. The molecule has 0 radical (unpaired) electrons. The Hall–Kier alpha value is -2.14. The van der Waals surface area contributed by atoms with Gasteiger partial charge in [0.1, 0.15) is 5.82 Å². The van der Waals surface area contributed by atoms with E-state index in [1.165, 1.54) is 11.1 Å². The molecule has 25 heavy (non-hydrogen) atoms. The molecule has 2 aliphatic rings. The van der Waals surface area contributed by atoms with Crippen molar-refractivity contribution in [2.75, 3.05) is 13.7 Å². The monoisotopic (exact) mass is 339 g/mol. The Labute approximate surface area is 148 Å². The van der Waals surface area contributed by atoms with Crippen LogP contribution in [0.3, 0.4) is 0 Å². The summed E-state index contributed by atoms with van der Waals surface area (Å²) in [5.41, 5.74) is 4.68. The zero-order chi connectivity index (χ0) is 17.6. The molecule has 1 N–H and O–H groups in total. The minimum Gasteiger partial charge on any atom is -0.380 e. The van der Waals surface area contributed by atoms with Crippen molar-refractivity contribution in [2.45, 2.75) is 45.3 Å². The molecule has 4 rings (SSSR count). The Morgan fingerprint density at radius 1 is 1.24 bits per heavy atom. The average Bonchev–Trinajstić information content (AvgIpc) is 3.31. The SMILES string of the molecule is CO[C@@H]1C[C@@H](c2nc(C)c(C)[nH]2)N(C(=O)C2Cc3ccccc3C2)C1. The summed E-state index contributed by atoms with van der Waals surface area (Å²) in [4.78, 5) is 23.3. The van der Waals surface area contributed by atoms with Gasteiger partial charge >= 0.3 is 0 Å². The van der Waals surface area contributed by atoms with Crippen molar-refractivity contribution in [3.63, 3.8) is 0 Å². The number of methoxy groups -OCH3 is 1. The predicted octanol–water partition coefficient (Wildman–Crippen LogP) is 2.73. The number of nitrogens with zero attached hydrogens (tertiary/aromatic N) is 2. The quantitative estimate of drug-likeness (QED) is 0.935. The van der Waals surface area contributed by atoms with Crippen LogP contribution >= 0.6 is 0 Å². The lowest BCUT2D eigenvalue weighted by Crippen LogP contribution is -2.37. The van der Waals surface area contributed by atoms with Crippen molar-refractivity contribution < 1.29 is 9.53 Å². The van der Waals surface area contributed by atoms with Crippen LogP contribution in [0.15, 0.2) is 24.3 Å². The molecule has 1 saturated heterocycles. The van der Waals surface area contributed by atoms with Gasteiger partial charge in [-0.25, -0.2) is 4.98 Å². The van der Waals surface area contributed by atoms with E-state index in [9.17, 15) is 4.79 Å². The fourth-order valence-corrected chi connectivity index (χ4v) is 4.17. The molecule has 5 heteroatoms. The van der Waals surface area contributed by atoms with Crippen molar-refractivity contribution in [3.05, 3.63) is 52.6 Å². The van der Waals surface area contributed by atoms with E-state index in [0.717, 1.165) is 36.5 Å². The molecular formula is C20H25N3O2. The lowest BCUT2D eigenvalue weighted by atomic mass is 10.0. The van der Waals surface area contributed by atoms with Crippen molar-refractivity contribution in [1.29, 1.82) is 0 Å². The highest BCUT2D eigenvalue weighted by Gasteiger charge is 2.41. The number of benzene rings is 1. The molecule has 132 valence electrons. The maximum Gasteiger partial charge on any atom is 0.227 e. The van der Waals surface area contributed by atoms with Gasteiger partial charge in [0.05, 0.1) is 17.8 Å². The largest absolute Gasteiger partial charge is 0.380 e. The van der Waals surface area contributed by atoms with Gasteiger partial charge in [-0.15, -0.1) is 0 Å². The Kier molecular flexibility index (Phi) is 4.12. The van der Waals surface area contributed by atoms with Crippen LogP contribution in [0, 0.1) is 19.8 Å². The minimum absolute atomic E-state index is 0.0198. The van der Waals surface area contributed by atoms with Crippen LogP contribution in [0.4, 0.5) is 0 Å². The number of aromatic nitrogens is 2. The molecule has 5 nitrogen and oxygen atoms in total. The van der Waals surface area contributed by atoms with E-state index in [2.05, 4.69) is 34.2 Å². The molecule has 0 spiro atoms. The normalized spacial score (nSPS) is 23.2. The van der Waals surface area contributed by atoms with Gasteiger partial charge in [-0.2, -0.15) is 0 Å². The van der Waals surface area contributed by atoms with Crippen LogP contribution in [0.1, 0.15) is 40.8 Å². The van der Waals surface area contributed by atoms with E-state index in [1.807, 2.05) is 18.7 Å². The number of imidazole rings is 1. The number of likely N-dealkylation sites (tertiary alicyclic amines) is 1. The number of H-pyrrole nitrogens is 1. The Bertz CT molecular complexity index is 753. The van der Waals surface area contributed by atoms with E-state index in [0.29, 0.717) is 6.54 Å². The van der Waals surface area contributed by atoms with Gasteiger partial charge in [0, 0.05) is 31.7 Å². The summed E-state index contributed by atoms with van der Waals surface area (Å²) in [6.07, 6.45) is 2.55. The molecule has 1 aliphatic carbocycles. The van der Waals surface area contributed by atoms with Crippen LogP contribution in [-0.4, -0.2) is 40.5 Å². The lowest BCUT2D eigenvalue weighted by molar-refractivity contribution is -0.136. The van der Waals surface area contributed by atoms with E-state index in [4.69, 9.17) is 4.74 Å². The summed E-state index contributed by atoms with van der Waals surface area (Å²) in [5, 5.41) is 0. The zero-order valence-corrected chi connectivity index (χ0v) is 15.1. The van der Waals surface area contributed by atoms with Gasteiger partial charge in [0.2, 0.25) is 5.91 Å². The van der Waals surface area contributed by atoms with E-state index < -0.39 is 0 Å². The molecule has 0 saturated carbocycles. The van der Waals surface area contributed by atoms with Crippen LogP contribution in [0.25, 0.3) is 0 Å². The smallest absolute Gasteiger partial charge is 0.227 e. The lowest BCUT2D eigenvalue weighted by Gasteiger charge is -2.26. The third-order valence-electron chi connectivity index (χ3n) is 5.74. The molecule has 2 atom stereocenters. The van der Waals surface area contributed by atoms with Crippen molar-refractivity contribution in [3.8, 4) is 0 Å². The standard InChI is InChI=1S/C20H25N3O2/c1-12-13(2)22-19(21-12)18-10-17(25-3)11-23(18)20(24)16-8-14-6-4-5-7-15(14)9-16/h4-7,16-18H,8-11H2,1-3H3,(H,21,22)/t17-,18+/m1/s1. The molecule has 1 aromatic heterocycles. The third-order valence-corrected chi connectivity index (χ3v) is 5.74. The first kappa shape index (κ1) is 16.3. The summed E-state index contributed by atoms with van der Waals surface area (Å²) >= 11 is 0. The molecule has 2 aromatic rings. The summed E-state index contributed by atoms with van der Waals surface area (Å²) in [5.74, 6) is 1.15. The second kappa shape index (κ2) is 6.30. The maximum atomic E-state index is 13.3. The van der Waals surface area contributed by atoms with Gasteiger partial charge in [-0.1, -0.05) is 24.3 Å². The summed E-state index contributed by atoms with van der Waals surface area (Å²) < 4.78 is 5.57. The highest BCUT2D eigenvalue weighted by molar-refractivity contribution is 5.81. The summed E-state index contributed by atoms with van der Waals surface area (Å²) in [6.45, 7) is 4.66. The van der Waals surface area contributed by atoms with Gasteiger partial charge in [0.15, 0.2) is 0 Å². The van der Waals surface area contributed by atoms with Crippen LogP contribution in [0.2, 0.25) is 0 Å². The van der Waals surface area contributed by atoms with E-state index in [1.54, 1.807) is 7.11 Å². The first-order valence-electron chi connectivity index (χ1n) is 9.00. The number of rotatable bonds is 3. The zero-order valence-electron chi connectivity index (χ0n) is 15.1. The molecule has 0 bridgehead atoms. The van der Waals surface area contributed by atoms with Crippen LogP contribution in [-0.2, 0) is 22.4 Å². The number of hydrogen-bond acceptors (Lipinski definition) is 3. The molecular weight excluding hydrogens is 314 g/mol. The number of hydrogen-bond donors (Lipinski definition) is 1. The van der Waals surface area contributed by atoms with Gasteiger partial charge in [-0.05, 0) is 37.8 Å². The Morgan fingerprint density at radius 2 is 1.92 bits per heavy atom.